The lowest BCUT2D eigenvalue weighted by molar-refractivity contribution is 0.155. The highest BCUT2D eigenvalue weighted by Crippen LogP contribution is 2.21. The molecule has 1 heterocycles. The topological polar surface area (TPSA) is 31.2 Å². The summed E-state index contributed by atoms with van der Waals surface area (Å²) in [5, 5.41) is 0.992. The Labute approximate surface area is 98.6 Å². The standard InChI is InChI=1S/C12H12ClNO2/c1-2-16-12(15)14-7-6-9-4-3-5-10(8-13)11(9)14/h3-7H,2,8H2,1H3. The molecular weight excluding hydrogens is 226 g/mol. The summed E-state index contributed by atoms with van der Waals surface area (Å²) in [7, 11) is 0. The number of para-hydroxylation sites is 1. The molecule has 0 fully saturated rings. The number of rotatable bonds is 2. The summed E-state index contributed by atoms with van der Waals surface area (Å²) in [6.45, 7) is 2.15. The number of benzene rings is 1. The number of hydrogen-bond donors (Lipinski definition) is 0. The second-order valence-electron chi connectivity index (χ2n) is 3.37. The smallest absolute Gasteiger partial charge is 0.418 e. The van der Waals surface area contributed by atoms with E-state index in [1.165, 1.54) is 4.57 Å². The van der Waals surface area contributed by atoms with Crippen LogP contribution in [0.15, 0.2) is 30.5 Å². The Morgan fingerprint density at radius 3 is 2.94 bits per heavy atom. The Morgan fingerprint density at radius 2 is 2.25 bits per heavy atom. The second-order valence-corrected chi connectivity index (χ2v) is 3.64. The van der Waals surface area contributed by atoms with Crippen molar-refractivity contribution in [2.75, 3.05) is 6.61 Å². The van der Waals surface area contributed by atoms with E-state index in [1.54, 1.807) is 13.1 Å². The molecule has 0 aliphatic rings. The van der Waals surface area contributed by atoms with Gasteiger partial charge in [0, 0.05) is 17.5 Å². The summed E-state index contributed by atoms with van der Waals surface area (Å²) in [5.41, 5.74) is 1.76. The normalized spacial score (nSPS) is 10.6. The number of hydrogen-bond acceptors (Lipinski definition) is 2. The molecule has 3 nitrogen and oxygen atoms in total. The van der Waals surface area contributed by atoms with Crippen molar-refractivity contribution in [1.29, 1.82) is 0 Å². The molecule has 4 heteroatoms. The summed E-state index contributed by atoms with van der Waals surface area (Å²) in [6.07, 6.45) is 1.34. The van der Waals surface area contributed by atoms with Gasteiger partial charge in [-0.25, -0.2) is 4.79 Å². The lowest BCUT2D eigenvalue weighted by Gasteiger charge is -2.06. The van der Waals surface area contributed by atoms with Crippen LogP contribution in [0.3, 0.4) is 0 Å². The van der Waals surface area contributed by atoms with E-state index in [0.29, 0.717) is 12.5 Å². The fourth-order valence-corrected chi connectivity index (χ4v) is 1.94. The van der Waals surface area contributed by atoms with Crippen LogP contribution >= 0.6 is 11.6 Å². The summed E-state index contributed by atoms with van der Waals surface area (Å²) in [6, 6.07) is 7.66. The van der Waals surface area contributed by atoms with E-state index in [1.807, 2.05) is 24.3 Å². The first-order chi connectivity index (χ1) is 7.77. The highest BCUT2D eigenvalue weighted by Gasteiger charge is 2.11. The molecular formula is C12H12ClNO2. The molecule has 1 aromatic carbocycles. The van der Waals surface area contributed by atoms with Crippen LogP contribution in [0.25, 0.3) is 10.9 Å². The van der Waals surface area contributed by atoms with E-state index >= 15 is 0 Å². The van der Waals surface area contributed by atoms with Gasteiger partial charge >= 0.3 is 6.09 Å². The van der Waals surface area contributed by atoms with E-state index < -0.39 is 0 Å². The predicted molar refractivity (Wildman–Crippen MR) is 63.9 cm³/mol. The van der Waals surface area contributed by atoms with Crippen LogP contribution < -0.4 is 0 Å². The number of ether oxygens (including phenoxy) is 1. The second kappa shape index (κ2) is 4.58. The Bertz CT molecular complexity index is 519. The van der Waals surface area contributed by atoms with E-state index in [4.69, 9.17) is 16.3 Å². The van der Waals surface area contributed by atoms with E-state index in [9.17, 15) is 4.79 Å². The minimum absolute atomic E-state index is 0.363. The van der Waals surface area contributed by atoms with Crippen LogP contribution in [0, 0.1) is 0 Å². The van der Waals surface area contributed by atoms with Crippen LogP contribution in [0.2, 0.25) is 0 Å². The Hall–Kier alpha value is -1.48. The lowest BCUT2D eigenvalue weighted by Crippen LogP contribution is -2.12. The maximum Gasteiger partial charge on any atom is 0.418 e. The highest BCUT2D eigenvalue weighted by molar-refractivity contribution is 6.18. The average molecular weight is 238 g/mol. The van der Waals surface area contributed by atoms with Crippen molar-refractivity contribution < 1.29 is 9.53 Å². The molecule has 0 bridgehead atoms. The molecule has 0 saturated carbocycles. The van der Waals surface area contributed by atoms with Crippen LogP contribution in [-0.4, -0.2) is 17.3 Å². The molecule has 2 rings (SSSR count). The zero-order valence-electron chi connectivity index (χ0n) is 8.94. The zero-order valence-corrected chi connectivity index (χ0v) is 9.70. The van der Waals surface area contributed by atoms with Gasteiger partial charge in [-0.15, -0.1) is 11.6 Å². The molecule has 1 aromatic heterocycles. The number of carbonyl (C=O) groups excluding carboxylic acids is 1. The van der Waals surface area contributed by atoms with Crippen molar-refractivity contribution in [2.45, 2.75) is 12.8 Å². The lowest BCUT2D eigenvalue weighted by atomic mass is 10.2. The van der Waals surface area contributed by atoms with Gasteiger partial charge in [0.25, 0.3) is 0 Å². The zero-order chi connectivity index (χ0) is 11.5. The maximum atomic E-state index is 11.7. The predicted octanol–water partition coefficient (Wildman–Crippen LogP) is 3.38. The van der Waals surface area contributed by atoms with Crippen molar-refractivity contribution in [3.05, 3.63) is 36.0 Å². The first-order valence-corrected chi connectivity index (χ1v) is 5.63. The highest BCUT2D eigenvalue weighted by atomic mass is 35.5. The Kier molecular flexibility index (Phi) is 3.15. The van der Waals surface area contributed by atoms with Crippen molar-refractivity contribution >= 4 is 28.6 Å². The van der Waals surface area contributed by atoms with Gasteiger partial charge in [0.05, 0.1) is 12.1 Å². The van der Waals surface area contributed by atoms with Crippen molar-refractivity contribution in [3.8, 4) is 0 Å². The van der Waals surface area contributed by atoms with Crippen molar-refractivity contribution in [1.82, 2.24) is 4.57 Å². The van der Waals surface area contributed by atoms with E-state index in [0.717, 1.165) is 16.5 Å². The molecule has 16 heavy (non-hydrogen) atoms. The third kappa shape index (κ3) is 1.78. The number of halogens is 1. The quantitative estimate of drug-likeness (QED) is 0.750. The number of aromatic nitrogens is 1. The fourth-order valence-electron chi connectivity index (χ4n) is 1.72. The molecule has 2 aromatic rings. The third-order valence-corrected chi connectivity index (χ3v) is 2.69. The molecule has 0 spiro atoms. The molecule has 0 radical (unpaired) electrons. The monoisotopic (exact) mass is 237 g/mol. The number of alkyl halides is 1. The van der Waals surface area contributed by atoms with Crippen LogP contribution in [0.4, 0.5) is 4.79 Å². The molecule has 0 aliphatic heterocycles. The van der Waals surface area contributed by atoms with E-state index in [-0.39, 0.29) is 6.09 Å². The van der Waals surface area contributed by atoms with Crippen LogP contribution in [-0.2, 0) is 10.6 Å². The van der Waals surface area contributed by atoms with Gasteiger partial charge < -0.3 is 4.74 Å². The first-order valence-electron chi connectivity index (χ1n) is 5.10. The van der Waals surface area contributed by atoms with Crippen molar-refractivity contribution in [3.63, 3.8) is 0 Å². The Morgan fingerprint density at radius 1 is 1.44 bits per heavy atom. The van der Waals surface area contributed by atoms with Gasteiger partial charge in [-0.2, -0.15) is 0 Å². The number of carbonyl (C=O) groups is 1. The molecule has 0 unspecified atom stereocenters. The van der Waals surface area contributed by atoms with Gasteiger partial charge in [-0.3, -0.25) is 4.57 Å². The minimum atomic E-state index is -0.366. The van der Waals surface area contributed by atoms with Gasteiger partial charge in [0.15, 0.2) is 0 Å². The van der Waals surface area contributed by atoms with Gasteiger partial charge in [0.1, 0.15) is 0 Å². The summed E-state index contributed by atoms with van der Waals surface area (Å²) < 4.78 is 6.47. The van der Waals surface area contributed by atoms with Gasteiger partial charge in [0.2, 0.25) is 0 Å². The Balaban J connectivity index is 2.58. The van der Waals surface area contributed by atoms with Crippen LogP contribution in [0.1, 0.15) is 12.5 Å². The molecule has 0 N–H and O–H groups in total. The van der Waals surface area contributed by atoms with Gasteiger partial charge in [-0.05, 0) is 18.6 Å². The largest absolute Gasteiger partial charge is 0.449 e. The SMILES string of the molecule is CCOC(=O)n1ccc2cccc(CCl)c21. The molecule has 0 aliphatic carbocycles. The van der Waals surface area contributed by atoms with Crippen LogP contribution in [0.5, 0.6) is 0 Å². The summed E-state index contributed by atoms with van der Waals surface area (Å²) in [4.78, 5) is 11.7. The average Bonchev–Trinajstić information content (AvgIpc) is 2.72. The number of fused-ring (bicyclic) bond motifs is 1. The van der Waals surface area contributed by atoms with E-state index in [2.05, 4.69) is 0 Å². The summed E-state index contributed by atoms with van der Waals surface area (Å²) >= 11 is 5.85. The minimum Gasteiger partial charge on any atom is -0.449 e. The van der Waals surface area contributed by atoms with Gasteiger partial charge in [-0.1, -0.05) is 18.2 Å². The molecule has 0 amide bonds. The van der Waals surface area contributed by atoms with Crippen molar-refractivity contribution in [2.24, 2.45) is 0 Å². The first kappa shape index (κ1) is 11.0. The third-order valence-electron chi connectivity index (χ3n) is 2.40. The molecule has 84 valence electrons. The fraction of sp³-hybridized carbons (Fsp3) is 0.250. The molecule has 0 atom stereocenters. The molecule has 0 saturated heterocycles. The number of nitrogens with zero attached hydrogens (tertiary/aromatic N) is 1. The maximum absolute atomic E-state index is 11.7. The summed E-state index contributed by atoms with van der Waals surface area (Å²) in [5.74, 6) is 0.376.